The lowest BCUT2D eigenvalue weighted by molar-refractivity contribution is -0.137. The van der Waals surface area contributed by atoms with Crippen molar-refractivity contribution >= 4 is 16.7 Å². The number of halogens is 6. The van der Waals surface area contributed by atoms with E-state index in [1.165, 1.54) is 0 Å². The zero-order valence-electron chi connectivity index (χ0n) is 9.99. The first-order valence-corrected chi connectivity index (χ1v) is 6.00. The molecule has 0 atom stereocenters. The summed E-state index contributed by atoms with van der Waals surface area (Å²) in [5.74, 6) is -0.792. The lowest BCUT2D eigenvalue weighted by Gasteiger charge is -2.14. The number of carbonyl (C=O) groups is 1. The molecule has 1 heterocycles. The number of alkyl halides is 6. The Morgan fingerprint density at radius 2 is 1.70 bits per heavy atom. The molecule has 0 spiro atoms. The van der Waals surface area contributed by atoms with Crippen LogP contribution in [0.2, 0.25) is 0 Å². The predicted molar refractivity (Wildman–Crippen MR) is 58.3 cm³/mol. The van der Waals surface area contributed by atoms with Crippen LogP contribution in [0.4, 0.5) is 26.3 Å². The van der Waals surface area contributed by atoms with Crippen LogP contribution in [0.1, 0.15) is 0 Å². The van der Waals surface area contributed by atoms with E-state index < -0.39 is 27.7 Å². The molecule has 0 saturated carbocycles. The Labute approximate surface area is 112 Å². The maximum absolute atomic E-state index is 11.0. The summed E-state index contributed by atoms with van der Waals surface area (Å²) in [6.45, 7) is 0.757. The molecular formula is C8H11F6N3O2S. The van der Waals surface area contributed by atoms with Crippen molar-refractivity contribution in [1.29, 1.82) is 4.78 Å². The minimum Gasteiger partial charge on any atom is -0.480 e. The summed E-state index contributed by atoms with van der Waals surface area (Å²) < 4.78 is 72.0. The lowest BCUT2D eigenvalue weighted by atomic mass is 10.6. The van der Waals surface area contributed by atoms with E-state index in [2.05, 4.69) is 0 Å². The van der Waals surface area contributed by atoms with Gasteiger partial charge in [0.05, 0.1) is 6.67 Å². The second kappa shape index (κ2) is 6.81. The number of nitrogens with one attached hydrogen (secondary N) is 1. The monoisotopic (exact) mass is 327 g/mol. The molecule has 20 heavy (non-hydrogen) atoms. The van der Waals surface area contributed by atoms with Crippen molar-refractivity contribution in [2.24, 2.45) is 0 Å². The van der Waals surface area contributed by atoms with Crippen molar-refractivity contribution in [1.82, 2.24) is 9.80 Å². The fourth-order valence-corrected chi connectivity index (χ4v) is 1.26. The number of carboxylic acid groups (broad SMARTS) is 1. The van der Waals surface area contributed by atoms with Gasteiger partial charge in [-0.3, -0.25) is 9.57 Å². The number of nitrogens with zero attached hydrogens (tertiary/aromatic N) is 2. The highest BCUT2D eigenvalue weighted by atomic mass is 32.2. The molecule has 0 aromatic heterocycles. The molecule has 2 N–H and O–H groups in total. The van der Waals surface area contributed by atoms with Crippen molar-refractivity contribution in [2.45, 2.75) is 11.0 Å². The lowest BCUT2D eigenvalue weighted by Crippen LogP contribution is -2.28. The summed E-state index contributed by atoms with van der Waals surface area (Å²) in [7, 11) is -2.35. The summed E-state index contributed by atoms with van der Waals surface area (Å²) in [5, 5.41) is 8.37. The molecular weight excluding hydrogens is 316 g/mol. The van der Waals surface area contributed by atoms with Crippen LogP contribution in [-0.4, -0.2) is 52.2 Å². The Balaban J connectivity index is 0.000000361. The smallest absolute Gasteiger partial charge is 0.460 e. The van der Waals surface area contributed by atoms with Crippen LogP contribution in [0.15, 0.2) is 12.4 Å². The second-order valence-electron chi connectivity index (χ2n) is 3.53. The number of aliphatic carboxylic acids is 1. The fourth-order valence-electron chi connectivity index (χ4n) is 0.997. The van der Waals surface area contributed by atoms with E-state index in [-0.39, 0.29) is 6.54 Å². The predicted octanol–water partition coefficient (Wildman–Crippen LogP) is 2.15. The molecule has 0 aromatic carbocycles. The SMILES string of the molecule is CN1C=CN(CC(=O)O)C1.N=S(C(F)(F)F)C(F)(F)F. The molecule has 5 nitrogen and oxygen atoms in total. The van der Waals surface area contributed by atoms with Crippen LogP contribution in [0.25, 0.3) is 0 Å². The minimum absolute atomic E-state index is 0.0842. The van der Waals surface area contributed by atoms with Crippen LogP contribution in [0.5, 0.6) is 0 Å². The molecule has 1 aliphatic rings. The molecule has 1 aliphatic heterocycles. The largest absolute Gasteiger partial charge is 0.480 e. The van der Waals surface area contributed by atoms with Crippen molar-refractivity contribution in [3.63, 3.8) is 0 Å². The highest BCUT2D eigenvalue weighted by molar-refractivity contribution is 7.87. The first kappa shape index (κ1) is 18.5. The summed E-state index contributed by atoms with van der Waals surface area (Å²) in [6, 6.07) is 0. The van der Waals surface area contributed by atoms with Gasteiger partial charge in [0.25, 0.3) is 0 Å². The van der Waals surface area contributed by atoms with Crippen LogP contribution < -0.4 is 0 Å². The molecule has 0 unspecified atom stereocenters. The molecule has 12 heteroatoms. The maximum atomic E-state index is 11.0. The van der Waals surface area contributed by atoms with E-state index in [0.717, 1.165) is 0 Å². The Bertz CT molecular complexity index is 379. The van der Waals surface area contributed by atoms with E-state index >= 15 is 0 Å². The van der Waals surface area contributed by atoms with Gasteiger partial charge in [-0.05, 0) is 0 Å². The van der Waals surface area contributed by atoms with Gasteiger partial charge in [0, 0.05) is 19.4 Å². The van der Waals surface area contributed by atoms with Gasteiger partial charge in [-0.25, -0.2) is 0 Å². The molecule has 0 bridgehead atoms. The van der Waals surface area contributed by atoms with Gasteiger partial charge in [0.2, 0.25) is 0 Å². The zero-order valence-corrected chi connectivity index (χ0v) is 10.8. The topological polar surface area (TPSA) is 67.6 Å². The summed E-state index contributed by atoms with van der Waals surface area (Å²) in [6.07, 6.45) is 3.62. The summed E-state index contributed by atoms with van der Waals surface area (Å²) in [5.41, 5.74) is -11.0. The Kier molecular flexibility index (Phi) is 6.32. The third-order valence-corrected chi connectivity index (χ3v) is 2.66. The number of hydrogen-bond donors (Lipinski definition) is 2. The average molecular weight is 327 g/mol. The summed E-state index contributed by atoms with van der Waals surface area (Å²) in [4.78, 5) is 13.8. The fraction of sp³-hybridized carbons (Fsp3) is 0.625. The van der Waals surface area contributed by atoms with Crippen molar-refractivity contribution in [3.05, 3.63) is 12.4 Å². The molecule has 1 rings (SSSR count). The van der Waals surface area contributed by atoms with E-state index in [1.807, 2.05) is 18.1 Å². The third-order valence-electron chi connectivity index (χ3n) is 1.74. The minimum atomic E-state index is -5.49. The van der Waals surface area contributed by atoms with Gasteiger partial charge in [0.1, 0.15) is 17.2 Å². The van der Waals surface area contributed by atoms with Gasteiger partial charge in [-0.15, -0.1) is 0 Å². The zero-order chi connectivity index (χ0) is 16.1. The van der Waals surface area contributed by atoms with Crippen molar-refractivity contribution < 1.29 is 36.2 Å². The third kappa shape index (κ3) is 7.21. The van der Waals surface area contributed by atoms with Crippen LogP contribution >= 0.6 is 0 Å². The van der Waals surface area contributed by atoms with E-state index in [9.17, 15) is 31.1 Å². The Morgan fingerprint density at radius 1 is 1.25 bits per heavy atom. The van der Waals surface area contributed by atoms with Crippen molar-refractivity contribution in [2.75, 3.05) is 20.3 Å². The van der Waals surface area contributed by atoms with Gasteiger partial charge in [-0.2, -0.15) is 26.3 Å². The maximum Gasteiger partial charge on any atom is 0.460 e. The Hall–Kier alpha value is -1.46. The molecule has 0 aliphatic carbocycles. The van der Waals surface area contributed by atoms with E-state index in [0.29, 0.717) is 6.67 Å². The molecule has 0 amide bonds. The van der Waals surface area contributed by atoms with E-state index in [1.54, 1.807) is 11.1 Å². The van der Waals surface area contributed by atoms with Crippen LogP contribution in [-0.2, 0) is 15.5 Å². The number of rotatable bonds is 2. The average Bonchev–Trinajstić information content (AvgIpc) is 2.60. The summed E-state index contributed by atoms with van der Waals surface area (Å²) >= 11 is 0. The molecule has 118 valence electrons. The molecule has 0 aromatic rings. The molecule has 0 fully saturated rings. The van der Waals surface area contributed by atoms with Gasteiger partial charge in [-0.1, -0.05) is 0 Å². The van der Waals surface area contributed by atoms with E-state index in [4.69, 9.17) is 9.89 Å². The number of hydrogen-bond acceptors (Lipinski definition) is 4. The van der Waals surface area contributed by atoms with Crippen LogP contribution in [0.3, 0.4) is 0 Å². The number of carboxylic acids is 1. The highest BCUT2D eigenvalue weighted by Crippen LogP contribution is 2.33. The molecule has 0 radical (unpaired) electrons. The normalized spacial score (nSPS) is 15.4. The second-order valence-corrected chi connectivity index (χ2v) is 5.07. The van der Waals surface area contributed by atoms with Crippen molar-refractivity contribution in [3.8, 4) is 0 Å². The highest BCUT2D eigenvalue weighted by Gasteiger charge is 2.50. The quantitative estimate of drug-likeness (QED) is 0.763. The molecule has 0 saturated heterocycles. The van der Waals surface area contributed by atoms with Gasteiger partial charge < -0.3 is 14.9 Å². The first-order valence-electron chi connectivity index (χ1n) is 4.77. The van der Waals surface area contributed by atoms with Gasteiger partial charge in [0.15, 0.2) is 0 Å². The Morgan fingerprint density at radius 3 is 1.90 bits per heavy atom. The standard InChI is InChI=1S/C6H10N2O2.C2HF6NS/c1-7-2-3-8(5-7)4-6(9)10;3-1(4,5)10(9)2(6,7)8/h2-3H,4-5H2,1H3,(H,9,10);9H. The first-order chi connectivity index (χ1) is 8.84. The van der Waals surface area contributed by atoms with Crippen LogP contribution in [0, 0.1) is 4.78 Å². The van der Waals surface area contributed by atoms with Gasteiger partial charge >= 0.3 is 17.0 Å².